The molecule has 2 saturated carbocycles. The predicted molar refractivity (Wildman–Crippen MR) is 48.4 cm³/mol. The van der Waals surface area contributed by atoms with Crippen molar-refractivity contribution in [2.45, 2.75) is 31.7 Å². The molecular weight excluding hydrogens is 173 g/mol. The number of nitrogens with two attached hydrogens (primary N) is 2. The molecule has 5 N–H and O–H groups in total. The molecule has 0 aromatic rings. The summed E-state index contributed by atoms with van der Waals surface area (Å²) in [5.41, 5.74) is 10.5. The molecule has 12 heavy (non-hydrogen) atoms. The van der Waals surface area contributed by atoms with Crippen LogP contribution in [0.1, 0.15) is 25.7 Å². The normalized spacial score (nSPS) is 40.7. The van der Waals surface area contributed by atoms with Gasteiger partial charge in [-0.15, -0.1) is 0 Å². The first kappa shape index (κ1) is 8.70. The number of fused-ring (bicyclic) bond motifs is 2. The van der Waals surface area contributed by atoms with Crippen LogP contribution in [0.15, 0.2) is 0 Å². The lowest BCUT2D eigenvalue weighted by Gasteiger charge is -2.24. The Bertz CT molecular complexity index is 227. The minimum absolute atomic E-state index is 0.324. The molecule has 2 aliphatic rings. The highest BCUT2D eigenvalue weighted by molar-refractivity contribution is 7.56. The molecule has 0 radical (unpaired) electrons. The first-order chi connectivity index (χ1) is 5.54. The van der Waals surface area contributed by atoms with E-state index in [-0.39, 0.29) is 0 Å². The van der Waals surface area contributed by atoms with Gasteiger partial charge in [0.25, 0.3) is 7.59 Å². The van der Waals surface area contributed by atoms with Crippen LogP contribution in [-0.4, -0.2) is 6.04 Å². The molecule has 2 aliphatic carbocycles. The summed E-state index contributed by atoms with van der Waals surface area (Å²) in [6, 6.07) is 0.324. The Balaban J connectivity index is 1.95. The standard InChI is InChI=1S/C7H16N3OP/c8-12(9,11)10-7-4-5-1-2-6(7)3-5/h5-7H,1-4H2,(H5,8,9,10,11). The summed E-state index contributed by atoms with van der Waals surface area (Å²) < 4.78 is 11.1. The second-order valence-electron chi connectivity index (χ2n) is 4.12. The van der Waals surface area contributed by atoms with E-state index in [1.54, 1.807) is 0 Å². The summed E-state index contributed by atoms with van der Waals surface area (Å²) in [6.07, 6.45) is 4.98. The van der Waals surface area contributed by atoms with Gasteiger partial charge in [0.1, 0.15) is 0 Å². The lowest BCUT2D eigenvalue weighted by molar-refractivity contribution is 0.390. The Morgan fingerprint density at radius 1 is 1.25 bits per heavy atom. The van der Waals surface area contributed by atoms with Gasteiger partial charge in [-0.3, -0.25) is 15.6 Å². The topological polar surface area (TPSA) is 81.1 Å². The predicted octanol–water partition coefficient (Wildman–Crippen LogP) is 0.790. The summed E-state index contributed by atoms with van der Waals surface area (Å²) in [7, 11) is -2.99. The Labute approximate surface area is 72.6 Å². The van der Waals surface area contributed by atoms with Crippen LogP contribution >= 0.6 is 7.59 Å². The molecule has 4 nitrogen and oxygen atoms in total. The van der Waals surface area contributed by atoms with Crippen molar-refractivity contribution in [2.75, 3.05) is 0 Å². The maximum Gasteiger partial charge on any atom is 0.274 e. The molecule has 0 amide bonds. The van der Waals surface area contributed by atoms with Gasteiger partial charge in [0.05, 0.1) is 0 Å². The summed E-state index contributed by atoms with van der Waals surface area (Å²) in [6.45, 7) is 0. The van der Waals surface area contributed by atoms with Crippen molar-refractivity contribution >= 4 is 7.59 Å². The smallest absolute Gasteiger partial charge is 0.271 e. The molecule has 0 heterocycles. The molecule has 2 rings (SSSR count). The van der Waals surface area contributed by atoms with Crippen molar-refractivity contribution in [3.63, 3.8) is 0 Å². The zero-order chi connectivity index (χ0) is 8.77. The van der Waals surface area contributed by atoms with Gasteiger partial charge in [-0.2, -0.15) is 0 Å². The fourth-order valence-corrected chi connectivity index (χ4v) is 3.50. The first-order valence-electron chi connectivity index (χ1n) is 4.49. The van der Waals surface area contributed by atoms with Gasteiger partial charge in [0.2, 0.25) is 0 Å². The molecule has 70 valence electrons. The van der Waals surface area contributed by atoms with Gasteiger partial charge in [0.15, 0.2) is 0 Å². The molecule has 3 atom stereocenters. The van der Waals surface area contributed by atoms with Gasteiger partial charge in [-0.1, -0.05) is 6.42 Å². The lowest BCUT2D eigenvalue weighted by atomic mass is 9.96. The Morgan fingerprint density at radius 2 is 2.00 bits per heavy atom. The Morgan fingerprint density at radius 3 is 2.42 bits per heavy atom. The van der Waals surface area contributed by atoms with Crippen LogP contribution in [-0.2, 0) is 4.57 Å². The summed E-state index contributed by atoms with van der Waals surface area (Å²) in [5, 5.41) is 2.86. The van der Waals surface area contributed by atoms with Crippen molar-refractivity contribution in [3.05, 3.63) is 0 Å². The van der Waals surface area contributed by atoms with Gasteiger partial charge < -0.3 is 0 Å². The van der Waals surface area contributed by atoms with E-state index in [9.17, 15) is 4.57 Å². The van der Waals surface area contributed by atoms with Crippen LogP contribution in [0.2, 0.25) is 0 Å². The lowest BCUT2D eigenvalue weighted by Crippen LogP contribution is -2.36. The van der Waals surface area contributed by atoms with E-state index in [0.717, 1.165) is 12.3 Å². The van der Waals surface area contributed by atoms with Crippen LogP contribution in [0, 0.1) is 11.8 Å². The van der Waals surface area contributed by atoms with Crippen LogP contribution in [0.25, 0.3) is 0 Å². The third-order valence-electron chi connectivity index (χ3n) is 3.11. The molecule has 2 bridgehead atoms. The monoisotopic (exact) mass is 189 g/mol. The zero-order valence-electron chi connectivity index (χ0n) is 7.07. The summed E-state index contributed by atoms with van der Waals surface area (Å²) >= 11 is 0. The van der Waals surface area contributed by atoms with E-state index in [1.165, 1.54) is 19.3 Å². The molecule has 0 aromatic carbocycles. The third-order valence-corrected chi connectivity index (χ3v) is 3.84. The van der Waals surface area contributed by atoms with Crippen molar-refractivity contribution in [1.29, 1.82) is 0 Å². The SMILES string of the molecule is NP(N)(=O)NC1CC2CCC1C2. The Hall–Kier alpha value is 0.110. The average molecular weight is 189 g/mol. The quantitative estimate of drug-likeness (QED) is 0.561. The fourth-order valence-electron chi connectivity index (χ4n) is 2.66. The van der Waals surface area contributed by atoms with E-state index >= 15 is 0 Å². The maximum atomic E-state index is 11.1. The molecular formula is C7H16N3OP. The molecule has 0 aliphatic heterocycles. The third kappa shape index (κ3) is 1.72. The van der Waals surface area contributed by atoms with Crippen molar-refractivity contribution in [1.82, 2.24) is 5.09 Å². The van der Waals surface area contributed by atoms with Crippen molar-refractivity contribution in [3.8, 4) is 0 Å². The minimum Gasteiger partial charge on any atom is -0.271 e. The first-order valence-corrected chi connectivity index (χ1v) is 6.34. The molecule has 0 spiro atoms. The van der Waals surface area contributed by atoms with Crippen molar-refractivity contribution < 1.29 is 4.57 Å². The number of rotatable bonds is 2. The van der Waals surface area contributed by atoms with E-state index < -0.39 is 7.59 Å². The maximum absolute atomic E-state index is 11.1. The van der Waals surface area contributed by atoms with Gasteiger partial charge >= 0.3 is 0 Å². The van der Waals surface area contributed by atoms with Crippen LogP contribution in [0.5, 0.6) is 0 Å². The van der Waals surface area contributed by atoms with E-state index in [4.69, 9.17) is 11.0 Å². The second-order valence-corrected chi connectivity index (χ2v) is 5.80. The second kappa shape index (κ2) is 2.81. The van der Waals surface area contributed by atoms with Crippen LogP contribution in [0.3, 0.4) is 0 Å². The van der Waals surface area contributed by atoms with Gasteiger partial charge in [-0.25, -0.2) is 5.09 Å². The van der Waals surface area contributed by atoms with Gasteiger partial charge in [0, 0.05) is 6.04 Å². The zero-order valence-corrected chi connectivity index (χ0v) is 7.97. The molecule has 0 saturated heterocycles. The number of hydrogen-bond donors (Lipinski definition) is 3. The fraction of sp³-hybridized carbons (Fsp3) is 1.00. The molecule has 3 unspecified atom stereocenters. The summed E-state index contributed by atoms with van der Waals surface area (Å²) in [4.78, 5) is 0. The van der Waals surface area contributed by atoms with Crippen LogP contribution < -0.4 is 16.1 Å². The minimum atomic E-state index is -2.99. The average Bonchev–Trinajstić information content (AvgIpc) is 2.42. The van der Waals surface area contributed by atoms with Crippen LogP contribution in [0.4, 0.5) is 0 Å². The van der Waals surface area contributed by atoms with E-state index in [2.05, 4.69) is 5.09 Å². The number of nitrogens with one attached hydrogen (secondary N) is 1. The highest BCUT2D eigenvalue weighted by atomic mass is 31.2. The molecule has 0 aromatic heterocycles. The van der Waals surface area contributed by atoms with E-state index in [0.29, 0.717) is 12.0 Å². The highest BCUT2D eigenvalue weighted by Gasteiger charge is 2.40. The summed E-state index contributed by atoms with van der Waals surface area (Å²) in [5.74, 6) is 1.51. The number of hydrogen-bond acceptors (Lipinski definition) is 1. The van der Waals surface area contributed by atoms with Crippen molar-refractivity contribution in [2.24, 2.45) is 22.8 Å². The van der Waals surface area contributed by atoms with E-state index in [1.807, 2.05) is 0 Å². The molecule has 5 heteroatoms. The Kier molecular flexibility index (Phi) is 2.04. The highest BCUT2D eigenvalue weighted by Crippen LogP contribution is 2.46. The largest absolute Gasteiger partial charge is 0.274 e. The van der Waals surface area contributed by atoms with Gasteiger partial charge in [-0.05, 0) is 31.1 Å². The molecule has 2 fully saturated rings.